The first-order chi connectivity index (χ1) is 10.2. The Balaban J connectivity index is 1.70. The molecule has 1 aromatic rings. The lowest BCUT2D eigenvalue weighted by Crippen LogP contribution is -2.40. The van der Waals surface area contributed by atoms with Crippen molar-refractivity contribution >= 4 is 11.6 Å². The fourth-order valence-corrected chi connectivity index (χ4v) is 3.93. The lowest BCUT2D eigenvalue weighted by atomic mass is 9.85. The molecule has 1 aliphatic carbocycles. The van der Waals surface area contributed by atoms with E-state index in [-0.39, 0.29) is 11.9 Å². The van der Waals surface area contributed by atoms with Crippen LogP contribution >= 0.6 is 0 Å². The Morgan fingerprint density at radius 2 is 2.14 bits per heavy atom. The largest absolute Gasteiger partial charge is 0.324 e. The van der Waals surface area contributed by atoms with Crippen LogP contribution in [-0.4, -0.2) is 18.0 Å². The van der Waals surface area contributed by atoms with Crippen molar-refractivity contribution in [3.05, 3.63) is 29.3 Å². The average molecular weight is 286 g/mol. The normalized spacial score (nSPS) is 28.2. The molecule has 1 aromatic carbocycles. The summed E-state index contributed by atoms with van der Waals surface area (Å²) in [6.45, 7) is 4.20. The van der Waals surface area contributed by atoms with Gasteiger partial charge in [0.2, 0.25) is 5.91 Å². The fourth-order valence-electron chi connectivity index (χ4n) is 3.93. The van der Waals surface area contributed by atoms with Crippen LogP contribution < -0.4 is 10.6 Å². The van der Waals surface area contributed by atoms with Gasteiger partial charge in [0, 0.05) is 11.7 Å². The molecule has 0 bridgehead atoms. The molecule has 3 atom stereocenters. The molecule has 1 saturated carbocycles. The second kappa shape index (κ2) is 6.18. The van der Waals surface area contributed by atoms with Crippen LogP contribution in [0.25, 0.3) is 0 Å². The Morgan fingerprint density at radius 1 is 1.33 bits per heavy atom. The number of nitrogens with one attached hydrogen (secondary N) is 2. The van der Waals surface area contributed by atoms with Gasteiger partial charge in [-0.05, 0) is 49.7 Å². The predicted molar refractivity (Wildman–Crippen MR) is 86.5 cm³/mol. The molecule has 1 saturated heterocycles. The maximum atomic E-state index is 12.6. The smallest absolute Gasteiger partial charge is 0.241 e. The van der Waals surface area contributed by atoms with Gasteiger partial charge in [-0.15, -0.1) is 0 Å². The highest BCUT2D eigenvalue weighted by Gasteiger charge is 2.38. The Bertz CT molecular complexity index is 512. The van der Waals surface area contributed by atoms with Crippen molar-refractivity contribution in [3.8, 4) is 0 Å². The van der Waals surface area contributed by atoms with E-state index in [9.17, 15) is 4.79 Å². The van der Waals surface area contributed by atoms with Crippen molar-refractivity contribution in [1.29, 1.82) is 0 Å². The lowest BCUT2D eigenvalue weighted by Gasteiger charge is -2.24. The predicted octanol–water partition coefficient (Wildman–Crippen LogP) is 3.42. The Hall–Kier alpha value is -1.35. The van der Waals surface area contributed by atoms with Crippen molar-refractivity contribution < 1.29 is 4.79 Å². The van der Waals surface area contributed by atoms with Gasteiger partial charge in [-0.25, -0.2) is 0 Å². The minimum atomic E-state index is -0.0117. The van der Waals surface area contributed by atoms with E-state index in [1.165, 1.54) is 31.2 Å². The van der Waals surface area contributed by atoms with Crippen LogP contribution in [0.15, 0.2) is 18.2 Å². The van der Waals surface area contributed by atoms with Crippen LogP contribution in [-0.2, 0) is 11.2 Å². The van der Waals surface area contributed by atoms with E-state index < -0.39 is 0 Å². The number of anilines is 1. The van der Waals surface area contributed by atoms with E-state index in [4.69, 9.17) is 0 Å². The number of hydrogen-bond donors (Lipinski definition) is 2. The molecular formula is C18H26N2O. The lowest BCUT2D eigenvalue weighted by molar-refractivity contribution is -0.117. The summed E-state index contributed by atoms with van der Waals surface area (Å²) in [5.41, 5.74) is 3.39. The number of fused-ring (bicyclic) bond motifs is 1. The summed E-state index contributed by atoms with van der Waals surface area (Å²) in [4.78, 5) is 12.6. The number of amides is 1. The number of hydrogen-bond acceptors (Lipinski definition) is 2. The molecule has 3 nitrogen and oxygen atoms in total. The highest BCUT2D eigenvalue weighted by Crippen LogP contribution is 2.33. The first kappa shape index (κ1) is 14.6. The Morgan fingerprint density at radius 3 is 2.90 bits per heavy atom. The van der Waals surface area contributed by atoms with E-state index in [1.807, 2.05) is 0 Å². The molecule has 1 amide bonds. The quantitative estimate of drug-likeness (QED) is 0.894. The number of carbonyl (C=O) groups is 1. The van der Waals surface area contributed by atoms with Gasteiger partial charge >= 0.3 is 0 Å². The molecular weight excluding hydrogens is 260 g/mol. The summed E-state index contributed by atoms with van der Waals surface area (Å²) >= 11 is 0. The Kier molecular flexibility index (Phi) is 4.29. The molecule has 0 aromatic heterocycles. The third-order valence-corrected chi connectivity index (χ3v) is 5.17. The average Bonchev–Trinajstić information content (AvgIpc) is 2.93. The van der Waals surface area contributed by atoms with Crippen molar-refractivity contribution in [3.63, 3.8) is 0 Å². The summed E-state index contributed by atoms with van der Waals surface area (Å²) in [6, 6.07) is 6.78. The number of rotatable bonds is 3. The molecule has 114 valence electrons. The van der Waals surface area contributed by atoms with Gasteiger partial charge < -0.3 is 10.6 Å². The molecule has 1 aliphatic heterocycles. The van der Waals surface area contributed by atoms with E-state index in [1.54, 1.807) is 0 Å². The van der Waals surface area contributed by atoms with Gasteiger partial charge in [-0.1, -0.05) is 38.0 Å². The molecule has 2 fully saturated rings. The van der Waals surface area contributed by atoms with E-state index >= 15 is 0 Å². The zero-order valence-corrected chi connectivity index (χ0v) is 13.1. The summed E-state index contributed by atoms with van der Waals surface area (Å²) in [7, 11) is 0. The van der Waals surface area contributed by atoms with Crippen LogP contribution in [0.4, 0.5) is 5.69 Å². The SMILES string of the molecule is CCc1cccc(C)c1NC(=O)C1CC2CCCCC2N1. The number of para-hydroxylation sites is 1. The van der Waals surface area contributed by atoms with Gasteiger partial charge in [0.15, 0.2) is 0 Å². The van der Waals surface area contributed by atoms with Crippen molar-refractivity contribution in [2.75, 3.05) is 5.32 Å². The van der Waals surface area contributed by atoms with Gasteiger partial charge in [-0.3, -0.25) is 4.79 Å². The van der Waals surface area contributed by atoms with Crippen molar-refractivity contribution in [2.45, 2.75) is 64.5 Å². The van der Waals surface area contributed by atoms with Gasteiger partial charge in [0.05, 0.1) is 6.04 Å². The molecule has 3 rings (SSSR count). The molecule has 21 heavy (non-hydrogen) atoms. The van der Waals surface area contributed by atoms with Gasteiger partial charge in [0.1, 0.15) is 0 Å². The van der Waals surface area contributed by atoms with Crippen LogP contribution in [0.1, 0.15) is 50.2 Å². The zero-order chi connectivity index (χ0) is 14.8. The summed E-state index contributed by atoms with van der Waals surface area (Å²) < 4.78 is 0. The second-order valence-corrected chi connectivity index (χ2v) is 6.56. The zero-order valence-electron chi connectivity index (χ0n) is 13.1. The van der Waals surface area contributed by atoms with E-state index in [0.29, 0.717) is 12.0 Å². The maximum Gasteiger partial charge on any atom is 0.241 e. The van der Waals surface area contributed by atoms with Crippen LogP contribution in [0.5, 0.6) is 0 Å². The molecule has 0 spiro atoms. The number of benzene rings is 1. The van der Waals surface area contributed by atoms with Crippen LogP contribution in [0, 0.1) is 12.8 Å². The van der Waals surface area contributed by atoms with E-state index in [2.05, 4.69) is 42.7 Å². The fraction of sp³-hybridized carbons (Fsp3) is 0.611. The first-order valence-electron chi connectivity index (χ1n) is 8.34. The van der Waals surface area contributed by atoms with Crippen molar-refractivity contribution in [2.24, 2.45) is 5.92 Å². The topological polar surface area (TPSA) is 41.1 Å². The molecule has 2 aliphatic rings. The van der Waals surface area contributed by atoms with Crippen LogP contribution in [0.2, 0.25) is 0 Å². The minimum Gasteiger partial charge on any atom is -0.324 e. The monoisotopic (exact) mass is 286 g/mol. The Labute approximate surface area is 127 Å². The number of aryl methyl sites for hydroxylation is 2. The molecule has 2 N–H and O–H groups in total. The summed E-state index contributed by atoms with van der Waals surface area (Å²) in [5.74, 6) is 0.852. The highest BCUT2D eigenvalue weighted by atomic mass is 16.2. The van der Waals surface area contributed by atoms with Gasteiger partial charge in [-0.2, -0.15) is 0 Å². The molecule has 1 heterocycles. The molecule has 3 heteroatoms. The first-order valence-corrected chi connectivity index (χ1v) is 8.34. The second-order valence-electron chi connectivity index (χ2n) is 6.56. The van der Waals surface area contributed by atoms with E-state index in [0.717, 1.165) is 24.1 Å². The number of carbonyl (C=O) groups excluding carboxylic acids is 1. The van der Waals surface area contributed by atoms with Gasteiger partial charge in [0.25, 0.3) is 0 Å². The minimum absolute atomic E-state index is 0.0117. The standard InChI is InChI=1S/C18H26N2O/c1-3-13-9-6-7-12(2)17(13)20-18(21)16-11-14-8-4-5-10-15(14)19-16/h6-7,9,14-16,19H,3-5,8,10-11H2,1-2H3,(H,20,21). The summed E-state index contributed by atoms with van der Waals surface area (Å²) in [5, 5.41) is 6.74. The highest BCUT2D eigenvalue weighted by molar-refractivity contribution is 5.96. The summed E-state index contributed by atoms with van der Waals surface area (Å²) in [6.07, 6.45) is 7.10. The molecule has 3 unspecified atom stereocenters. The van der Waals surface area contributed by atoms with Crippen molar-refractivity contribution in [1.82, 2.24) is 5.32 Å². The third-order valence-electron chi connectivity index (χ3n) is 5.17. The molecule has 0 radical (unpaired) electrons. The third kappa shape index (κ3) is 2.98. The van der Waals surface area contributed by atoms with Crippen LogP contribution in [0.3, 0.4) is 0 Å². The maximum absolute atomic E-state index is 12.6.